The maximum Gasteiger partial charge on any atom is 0.253 e. The van der Waals surface area contributed by atoms with E-state index in [1.165, 1.54) is 4.90 Å². The molecule has 0 aromatic heterocycles. The van der Waals surface area contributed by atoms with Crippen LogP contribution in [0.25, 0.3) is 0 Å². The van der Waals surface area contributed by atoms with E-state index in [9.17, 15) is 14.7 Å². The number of hydrogen-bond acceptors (Lipinski definition) is 3. The van der Waals surface area contributed by atoms with E-state index in [-0.39, 0.29) is 18.4 Å². The van der Waals surface area contributed by atoms with Gasteiger partial charge in [-0.25, -0.2) is 0 Å². The molecular weight excluding hydrogens is 280 g/mol. The van der Waals surface area contributed by atoms with Crippen LogP contribution in [0.4, 0.5) is 0 Å². The summed E-state index contributed by atoms with van der Waals surface area (Å²) in [5, 5.41) is 12.7. The van der Waals surface area contributed by atoms with Gasteiger partial charge in [-0.1, -0.05) is 30.7 Å². The van der Waals surface area contributed by atoms with Crippen LogP contribution in [0.5, 0.6) is 0 Å². The third-order valence-corrected chi connectivity index (χ3v) is 3.83. The van der Waals surface area contributed by atoms with Crippen molar-refractivity contribution in [3.05, 3.63) is 34.9 Å². The first-order chi connectivity index (χ1) is 9.45. The highest BCUT2D eigenvalue weighted by atomic mass is 35.5. The third-order valence-electron chi connectivity index (χ3n) is 3.50. The van der Waals surface area contributed by atoms with Crippen molar-refractivity contribution in [2.45, 2.75) is 18.9 Å². The van der Waals surface area contributed by atoms with Gasteiger partial charge < -0.3 is 15.3 Å². The lowest BCUT2D eigenvalue weighted by molar-refractivity contribution is -0.154. The SMILES string of the molecule is CCC1(O)CN(C(=O)CNC(=O)c2ccccc2Cl)C1. The van der Waals surface area contributed by atoms with E-state index < -0.39 is 5.60 Å². The minimum absolute atomic E-state index is 0.0934. The van der Waals surface area contributed by atoms with Crippen molar-refractivity contribution in [1.29, 1.82) is 0 Å². The monoisotopic (exact) mass is 296 g/mol. The van der Waals surface area contributed by atoms with Crippen LogP contribution < -0.4 is 5.32 Å². The van der Waals surface area contributed by atoms with E-state index in [4.69, 9.17) is 11.6 Å². The first kappa shape index (κ1) is 14.8. The normalized spacial score (nSPS) is 16.4. The summed E-state index contributed by atoms with van der Waals surface area (Å²) in [6.45, 7) is 2.43. The number of β-amino-alcohol motifs (C(OH)–C–C–N with tert-alkyl or cyclic N) is 1. The van der Waals surface area contributed by atoms with Gasteiger partial charge in [-0.05, 0) is 18.6 Å². The lowest BCUT2D eigenvalue weighted by Crippen LogP contribution is -2.64. The molecule has 2 rings (SSSR count). The smallest absolute Gasteiger partial charge is 0.253 e. The molecule has 0 saturated carbocycles. The maximum absolute atomic E-state index is 11.9. The summed E-state index contributed by atoms with van der Waals surface area (Å²) < 4.78 is 0. The summed E-state index contributed by atoms with van der Waals surface area (Å²) in [5.41, 5.74) is -0.418. The van der Waals surface area contributed by atoms with Crippen LogP contribution in [0.3, 0.4) is 0 Å². The maximum atomic E-state index is 11.9. The fraction of sp³-hybridized carbons (Fsp3) is 0.429. The summed E-state index contributed by atoms with van der Waals surface area (Å²) in [4.78, 5) is 25.2. The molecule has 1 aromatic rings. The summed E-state index contributed by atoms with van der Waals surface area (Å²) in [7, 11) is 0. The summed E-state index contributed by atoms with van der Waals surface area (Å²) in [5.74, 6) is -0.584. The van der Waals surface area contributed by atoms with Gasteiger partial charge in [0, 0.05) is 0 Å². The predicted molar refractivity (Wildman–Crippen MR) is 75.6 cm³/mol. The van der Waals surface area contributed by atoms with Gasteiger partial charge in [-0.15, -0.1) is 0 Å². The fourth-order valence-corrected chi connectivity index (χ4v) is 2.29. The molecule has 1 aliphatic rings. The zero-order chi connectivity index (χ0) is 14.8. The number of benzene rings is 1. The van der Waals surface area contributed by atoms with Crippen LogP contribution in [0.1, 0.15) is 23.7 Å². The van der Waals surface area contributed by atoms with Crippen molar-refractivity contribution >= 4 is 23.4 Å². The molecule has 0 spiro atoms. The van der Waals surface area contributed by atoms with Gasteiger partial charge >= 0.3 is 0 Å². The van der Waals surface area contributed by atoms with Crippen molar-refractivity contribution in [1.82, 2.24) is 10.2 Å². The van der Waals surface area contributed by atoms with Gasteiger partial charge in [0.05, 0.1) is 35.8 Å². The second-order valence-corrected chi connectivity index (χ2v) is 5.40. The Kier molecular flexibility index (Phi) is 4.30. The van der Waals surface area contributed by atoms with Gasteiger partial charge in [0.2, 0.25) is 5.91 Å². The molecular formula is C14H17ClN2O3. The fourth-order valence-electron chi connectivity index (χ4n) is 2.07. The zero-order valence-electron chi connectivity index (χ0n) is 11.2. The summed E-state index contributed by atoms with van der Waals surface area (Å²) >= 11 is 5.90. The van der Waals surface area contributed by atoms with Crippen molar-refractivity contribution in [2.24, 2.45) is 0 Å². The molecule has 5 nitrogen and oxygen atoms in total. The van der Waals surface area contributed by atoms with E-state index in [0.717, 1.165) is 0 Å². The Bertz CT molecular complexity index is 527. The Labute approximate surface area is 122 Å². The number of hydrogen-bond donors (Lipinski definition) is 2. The summed E-state index contributed by atoms with van der Waals surface area (Å²) in [6, 6.07) is 6.66. The number of nitrogens with zero attached hydrogens (tertiary/aromatic N) is 1. The molecule has 0 unspecified atom stereocenters. The molecule has 20 heavy (non-hydrogen) atoms. The topological polar surface area (TPSA) is 69.6 Å². The molecule has 1 fully saturated rings. The third kappa shape index (κ3) is 3.11. The largest absolute Gasteiger partial charge is 0.386 e. The Morgan fingerprint density at radius 2 is 2.05 bits per heavy atom. The second kappa shape index (κ2) is 5.81. The molecule has 0 aliphatic carbocycles. The first-order valence-corrected chi connectivity index (χ1v) is 6.86. The number of nitrogens with one attached hydrogen (secondary N) is 1. The van der Waals surface area contributed by atoms with E-state index in [1.807, 2.05) is 6.92 Å². The second-order valence-electron chi connectivity index (χ2n) is 4.99. The van der Waals surface area contributed by atoms with Crippen LogP contribution in [0.2, 0.25) is 5.02 Å². The Balaban J connectivity index is 1.83. The molecule has 0 atom stereocenters. The molecule has 1 aromatic carbocycles. The van der Waals surface area contributed by atoms with Crippen LogP contribution in [-0.4, -0.2) is 47.1 Å². The number of aliphatic hydroxyl groups is 1. The molecule has 1 aliphatic heterocycles. The van der Waals surface area contributed by atoms with E-state index in [1.54, 1.807) is 24.3 Å². The highest BCUT2D eigenvalue weighted by molar-refractivity contribution is 6.33. The van der Waals surface area contributed by atoms with Gasteiger partial charge in [0.25, 0.3) is 5.91 Å². The Morgan fingerprint density at radius 3 is 2.65 bits per heavy atom. The van der Waals surface area contributed by atoms with Gasteiger partial charge in [-0.3, -0.25) is 9.59 Å². The molecule has 1 heterocycles. The number of amides is 2. The molecule has 108 valence electrons. The molecule has 2 N–H and O–H groups in total. The molecule has 0 radical (unpaired) electrons. The quantitative estimate of drug-likeness (QED) is 0.873. The van der Waals surface area contributed by atoms with Gasteiger partial charge in [-0.2, -0.15) is 0 Å². The van der Waals surface area contributed by atoms with Crippen molar-refractivity contribution in [3.8, 4) is 0 Å². The van der Waals surface area contributed by atoms with E-state index >= 15 is 0 Å². The van der Waals surface area contributed by atoms with Crippen LogP contribution in [-0.2, 0) is 4.79 Å². The van der Waals surface area contributed by atoms with E-state index in [0.29, 0.717) is 30.1 Å². The average molecular weight is 297 g/mol. The lowest BCUT2D eigenvalue weighted by Gasteiger charge is -2.46. The highest BCUT2D eigenvalue weighted by Gasteiger charge is 2.41. The minimum Gasteiger partial charge on any atom is -0.386 e. The van der Waals surface area contributed by atoms with Crippen LogP contribution >= 0.6 is 11.6 Å². The van der Waals surface area contributed by atoms with Crippen LogP contribution in [0, 0.1) is 0 Å². The number of likely N-dealkylation sites (tertiary alicyclic amines) is 1. The van der Waals surface area contributed by atoms with Crippen LogP contribution in [0.15, 0.2) is 24.3 Å². The zero-order valence-corrected chi connectivity index (χ0v) is 12.0. The number of carbonyl (C=O) groups excluding carboxylic acids is 2. The molecule has 1 saturated heterocycles. The Hall–Kier alpha value is -1.59. The molecule has 2 amide bonds. The lowest BCUT2D eigenvalue weighted by atomic mass is 9.91. The number of carbonyl (C=O) groups is 2. The molecule has 0 bridgehead atoms. The van der Waals surface area contributed by atoms with Crippen molar-refractivity contribution < 1.29 is 14.7 Å². The molecule has 6 heteroatoms. The predicted octanol–water partition coefficient (Wildman–Crippen LogP) is 1.05. The highest BCUT2D eigenvalue weighted by Crippen LogP contribution is 2.23. The average Bonchev–Trinajstić information content (AvgIpc) is 2.41. The summed E-state index contributed by atoms with van der Waals surface area (Å²) in [6.07, 6.45) is 0.614. The van der Waals surface area contributed by atoms with E-state index in [2.05, 4.69) is 5.32 Å². The van der Waals surface area contributed by atoms with Crippen molar-refractivity contribution in [2.75, 3.05) is 19.6 Å². The number of rotatable bonds is 4. The standard InChI is InChI=1S/C14H17ClN2O3/c1-2-14(20)8-17(9-14)12(18)7-16-13(19)10-5-3-4-6-11(10)15/h3-6,20H,2,7-9H2,1H3,(H,16,19). The number of halogens is 1. The van der Waals surface area contributed by atoms with Crippen molar-refractivity contribution in [3.63, 3.8) is 0 Å². The van der Waals surface area contributed by atoms with Gasteiger partial charge in [0.15, 0.2) is 0 Å². The van der Waals surface area contributed by atoms with Gasteiger partial charge in [0.1, 0.15) is 0 Å². The Morgan fingerprint density at radius 1 is 1.40 bits per heavy atom. The first-order valence-electron chi connectivity index (χ1n) is 6.48. The minimum atomic E-state index is -0.762.